The van der Waals surface area contributed by atoms with Crippen LogP contribution in [0.4, 0.5) is 11.4 Å². The number of carbonyl (C=O) groups excluding carboxylic acids is 3. The first-order valence-corrected chi connectivity index (χ1v) is 15.5. The second-order valence-electron chi connectivity index (χ2n) is 9.80. The van der Waals surface area contributed by atoms with Gasteiger partial charge in [0.2, 0.25) is 5.91 Å². The Morgan fingerprint density at radius 1 is 0.800 bits per heavy atom. The highest BCUT2D eigenvalue weighted by molar-refractivity contribution is 8.00. The van der Waals surface area contributed by atoms with E-state index in [1.54, 1.807) is 91.9 Å². The maximum Gasteiger partial charge on any atom is 0.272 e. The lowest BCUT2D eigenvalue weighted by atomic mass is 10.2. The van der Waals surface area contributed by atoms with Crippen LogP contribution < -0.4 is 16.0 Å². The number of hydrogen-bond donors (Lipinski definition) is 3. The van der Waals surface area contributed by atoms with Gasteiger partial charge in [-0.2, -0.15) is 0 Å². The van der Waals surface area contributed by atoms with Crippen LogP contribution in [0.25, 0.3) is 17.4 Å². The zero-order valence-corrected chi connectivity index (χ0v) is 26.2. The highest BCUT2D eigenvalue weighted by atomic mass is 35.5. The molecule has 1 heterocycles. The average molecular weight is 657 g/mol. The lowest BCUT2D eigenvalue weighted by molar-refractivity contribution is -0.115. The molecule has 0 saturated carbocycles. The molecule has 5 rings (SSSR count). The van der Waals surface area contributed by atoms with Gasteiger partial charge < -0.3 is 20.4 Å². The summed E-state index contributed by atoms with van der Waals surface area (Å²) >= 11 is 13.5. The lowest BCUT2D eigenvalue weighted by Crippen LogP contribution is -2.30. The summed E-state index contributed by atoms with van der Waals surface area (Å²) < 4.78 is 5.95. The van der Waals surface area contributed by atoms with E-state index in [4.69, 9.17) is 27.6 Å². The molecule has 3 amide bonds. The quantitative estimate of drug-likeness (QED) is 0.103. The Hall–Kier alpha value is -4.76. The molecule has 0 unspecified atom stereocenters. The molecule has 0 bridgehead atoms. The topological polar surface area (TPSA) is 100 Å². The van der Waals surface area contributed by atoms with Crippen molar-refractivity contribution < 1.29 is 18.8 Å². The number of furan rings is 1. The van der Waals surface area contributed by atoms with Crippen LogP contribution in [-0.2, 0) is 9.59 Å². The predicted molar refractivity (Wildman–Crippen MR) is 182 cm³/mol. The van der Waals surface area contributed by atoms with Crippen LogP contribution in [0, 0.1) is 0 Å². The van der Waals surface area contributed by atoms with Gasteiger partial charge in [0.1, 0.15) is 17.2 Å². The van der Waals surface area contributed by atoms with Gasteiger partial charge in [0, 0.05) is 32.8 Å². The summed E-state index contributed by atoms with van der Waals surface area (Å²) in [6, 6.07) is 33.6. The number of nitrogens with one attached hydrogen (secondary N) is 3. The third-order valence-corrected chi connectivity index (χ3v) is 8.14. The van der Waals surface area contributed by atoms with Crippen LogP contribution >= 0.6 is 35.0 Å². The predicted octanol–water partition coefficient (Wildman–Crippen LogP) is 8.78. The van der Waals surface area contributed by atoms with E-state index in [2.05, 4.69) is 16.0 Å². The maximum absolute atomic E-state index is 13.4. The fraction of sp³-hybridized carbons (Fsp3) is 0.0571. The Labute approximate surface area is 274 Å². The van der Waals surface area contributed by atoms with Gasteiger partial charge in [0.25, 0.3) is 11.8 Å². The van der Waals surface area contributed by atoms with Gasteiger partial charge in [0.15, 0.2) is 0 Å². The molecule has 0 saturated heterocycles. The van der Waals surface area contributed by atoms with Crippen molar-refractivity contribution in [2.24, 2.45) is 0 Å². The van der Waals surface area contributed by atoms with Gasteiger partial charge in [-0.05, 0) is 73.7 Å². The largest absolute Gasteiger partial charge is 0.457 e. The highest BCUT2D eigenvalue weighted by Crippen LogP contribution is 2.29. The molecule has 0 radical (unpaired) electrons. The molecule has 0 fully saturated rings. The zero-order chi connectivity index (χ0) is 31.8. The minimum Gasteiger partial charge on any atom is -0.457 e. The second-order valence-corrected chi connectivity index (χ2v) is 12.1. The van der Waals surface area contributed by atoms with Crippen LogP contribution in [0.2, 0.25) is 10.0 Å². The molecule has 0 aliphatic carbocycles. The summed E-state index contributed by atoms with van der Waals surface area (Å²) in [7, 11) is 0. The van der Waals surface area contributed by atoms with Crippen molar-refractivity contribution in [3.63, 3.8) is 0 Å². The Morgan fingerprint density at radius 3 is 2.18 bits per heavy atom. The fourth-order valence-electron chi connectivity index (χ4n) is 4.17. The number of anilines is 2. The Kier molecular flexibility index (Phi) is 10.4. The number of halogens is 2. The number of thioether (sulfide) groups is 1. The first-order valence-electron chi connectivity index (χ1n) is 13.8. The first-order chi connectivity index (χ1) is 21.7. The average Bonchev–Trinajstić information content (AvgIpc) is 3.52. The monoisotopic (exact) mass is 655 g/mol. The van der Waals surface area contributed by atoms with E-state index in [1.807, 2.05) is 30.3 Å². The van der Waals surface area contributed by atoms with Crippen LogP contribution in [0.15, 0.2) is 130 Å². The minimum atomic E-state index is -0.537. The molecule has 4 aromatic carbocycles. The molecule has 226 valence electrons. The smallest absolute Gasteiger partial charge is 0.272 e. The summed E-state index contributed by atoms with van der Waals surface area (Å²) in [6.45, 7) is 1.78. The number of carbonyl (C=O) groups is 3. The molecular weight excluding hydrogens is 629 g/mol. The standard InChI is InChI=1S/C35H27Cl2N3O4S/c1-22(33(41)39-30-18-12-25(36)20-29(30)37)45-28-16-13-26(14-17-28)38-35(43)31(40-34(42)24-10-6-3-7-11-24)21-27-15-19-32(44-27)23-8-4-2-5-9-23/h2-22H,1H3,(H,38,43)(H,39,41)(H,40,42)/b31-21+/t22-/m0/s1. The van der Waals surface area contributed by atoms with E-state index in [0.717, 1.165) is 10.5 Å². The third-order valence-electron chi connectivity index (χ3n) is 6.48. The van der Waals surface area contributed by atoms with Crippen LogP contribution in [-0.4, -0.2) is 23.0 Å². The summed E-state index contributed by atoms with van der Waals surface area (Å²) in [5, 5.41) is 8.74. The normalized spacial score (nSPS) is 11.8. The molecule has 0 aliphatic heterocycles. The van der Waals surface area contributed by atoms with Crippen molar-refractivity contribution in [1.82, 2.24) is 5.32 Å². The Balaban J connectivity index is 1.27. The van der Waals surface area contributed by atoms with E-state index in [9.17, 15) is 14.4 Å². The summed E-state index contributed by atoms with van der Waals surface area (Å²) in [5.74, 6) is -0.177. The molecule has 7 nitrogen and oxygen atoms in total. The SMILES string of the molecule is C[C@H](Sc1ccc(NC(=O)/C(=C\c2ccc(-c3ccccc3)o2)NC(=O)c2ccccc2)cc1)C(=O)Nc1ccc(Cl)cc1Cl. The minimum absolute atomic E-state index is 0.00224. The first kappa shape index (κ1) is 31.7. The van der Waals surface area contributed by atoms with E-state index < -0.39 is 17.1 Å². The third kappa shape index (κ3) is 8.67. The van der Waals surface area contributed by atoms with Gasteiger partial charge in [-0.1, -0.05) is 71.7 Å². The van der Waals surface area contributed by atoms with Crippen LogP contribution in [0.5, 0.6) is 0 Å². The van der Waals surface area contributed by atoms with Crippen LogP contribution in [0.1, 0.15) is 23.0 Å². The number of benzene rings is 4. The molecule has 10 heteroatoms. The van der Waals surface area contributed by atoms with Crippen molar-refractivity contribution >= 4 is 70.1 Å². The second kappa shape index (κ2) is 14.8. The molecule has 1 atom stereocenters. The van der Waals surface area contributed by atoms with E-state index in [-0.39, 0.29) is 11.6 Å². The van der Waals surface area contributed by atoms with Crippen molar-refractivity contribution in [3.05, 3.63) is 142 Å². The zero-order valence-electron chi connectivity index (χ0n) is 23.9. The maximum atomic E-state index is 13.4. The molecule has 3 N–H and O–H groups in total. The van der Waals surface area contributed by atoms with E-state index >= 15 is 0 Å². The number of hydrogen-bond acceptors (Lipinski definition) is 5. The van der Waals surface area contributed by atoms with E-state index in [1.165, 1.54) is 17.8 Å². The molecule has 1 aromatic heterocycles. The van der Waals surface area contributed by atoms with E-state index in [0.29, 0.717) is 38.5 Å². The Morgan fingerprint density at radius 2 is 1.49 bits per heavy atom. The molecule has 0 aliphatic rings. The lowest BCUT2D eigenvalue weighted by Gasteiger charge is -2.14. The van der Waals surface area contributed by atoms with Crippen molar-refractivity contribution in [2.45, 2.75) is 17.1 Å². The van der Waals surface area contributed by atoms with Crippen LogP contribution in [0.3, 0.4) is 0 Å². The van der Waals surface area contributed by atoms with Gasteiger partial charge >= 0.3 is 0 Å². The summed E-state index contributed by atoms with van der Waals surface area (Å²) in [6.07, 6.45) is 1.49. The molecule has 0 spiro atoms. The van der Waals surface area contributed by atoms with Gasteiger partial charge in [-0.25, -0.2) is 0 Å². The molecule has 5 aromatic rings. The van der Waals surface area contributed by atoms with Gasteiger partial charge in [-0.15, -0.1) is 11.8 Å². The molecule has 45 heavy (non-hydrogen) atoms. The van der Waals surface area contributed by atoms with Gasteiger partial charge in [0.05, 0.1) is 16.0 Å². The van der Waals surface area contributed by atoms with Gasteiger partial charge in [-0.3, -0.25) is 14.4 Å². The summed E-state index contributed by atoms with van der Waals surface area (Å²) in [4.78, 5) is 39.9. The molecular formula is C35H27Cl2N3O4S. The Bertz CT molecular complexity index is 1840. The number of amides is 3. The van der Waals surface area contributed by atoms with Crippen molar-refractivity contribution in [2.75, 3.05) is 10.6 Å². The van der Waals surface area contributed by atoms with Crippen molar-refractivity contribution in [3.8, 4) is 11.3 Å². The highest BCUT2D eigenvalue weighted by Gasteiger charge is 2.18. The number of rotatable bonds is 10. The summed E-state index contributed by atoms with van der Waals surface area (Å²) in [5.41, 5.74) is 2.26. The van der Waals surface area contributed by atoms with Crippen molar-refractivity contribution in [1.29, 1.82) is 0 Å². The fourth-order valence-corrected chi connectivity index (χ4v) is 5.49.